The first-order chi connectivity index (χ1) is 13.0. The quantitative estimate of drug-likeness (QED) is 0.631. The van der Waals surface area contributed by atoms with Crippen molar-refractivity contribution in [2.75, 3.05) is 18.0 Å². The van der Waals surface area contributed by atoms with E-state index in [2.05, 4.69) is 5.32 Å². The highest BCUT2D eigenvalue weighted by atomic mass is 16.6. The third-order valence-electron chi connectivity index (χ3n) is 4.14. The van der Waals surface area contributed by atoms with Gasteiger partial charge in [-0.3, -0.25) is 14.5 Å². The second-order valence-corrected chi connectivity index (χ2v) is 6.21. The molecular weight excluding hydrogens is 344 g/mol. The van der Waals surface area contributed by atoms with E-state index >= 15 is 0 Å². The lowest BCUT2D eigenvalue weighted by atomic mass is 10.1. The van der Waals surface area contributed by atoms with Crippen LogP contribution in [0, 0.1) is 0 Å². The van der Waals surface area contributed by atoms with Gasteiger partial charge < -0.3 is 10.1 Å². The van der Waals surface area contributed by atoms with Gasteiger partial charge in [0, 0.05) is 18.2 Å². The van der Waals surface area contributed by atoms with Gasteiger partial charge in [-0.2, -0.15) is 0 Å². The average Bonchev–Trinajstić information content (AvgIpc) is 3.06. The number of allylic oxidation sites excluding steroid dienone is 1. The molecule has 0 radical (unpaired) electrons. The normalized spacial score (nSPS) is 16.4. The predicted octanol–water partition coefficient (Wildman–Crippen LogP) is 3.04. The molecular formula is C21H20N2O4. The third kappa shape index (κ3) is 4.82. The van der Waals surface area contributed by atoms with Gasteiger partial charge in [-0.25, -0.2) is 4.79 Å². The fraction of sp³-hybridized carbons (Fsp3) is 0.190. The van der Waals surface area contributed by atoms with Crippen molar-refractivity contribution in [3.63, 3.8) is 0 Å². The van der Waals surface area contributed by atoms with Crippen molar-refractivity contribution in [3.8, 4) is 0 Å². The van der Waals surface area contributed by atoms with Crippen LogP contribution in [0.25, 0.3) is 6.08 Å². The summed E-state index contributed by atoms with van der Waals surface area (Å²) in [6.45, 7) is 2.04. The fourth-order valence-electron chi connectivity index (χ4n) is 2.73. The largest absolute Gasteiger partial charge is 0.442 e. The summed E-state index contributed by atoms with van der Waals surface area (Å²) in [6, 6.07) is 16.4. The Hall–Kier alpha value is -3.41. The Morgan fingerprint density at radius 3 is 2.52 bits per heavy atom. The Balaban J connectivity index is 1.63. The zero-order chi connectivity index (χ0) is 19.2. The molecule has 1 fully saturated rings. The first kappa shape index (κ1) is 18.4. The number of hydrogen-bond acceptors (Lipinski definition) is 4. The number of ketones is 1. The molecule has 0 aromatic heterocycles. The Labute approximate surface area is 157 Å². The number of anilines is 1. The number of benzene rings is 2. The minimum absolute atomic E-state index is 0.113. The van der Waals surface area contributed by atoms with Crippen LogP contribution in [-0.2, 0) is 9.53 Å². The van der Waals surface area contributed by atoms with Gasteiger partial charge in [0.05, 0.1) is 13.1 Å². The van der Waals surface area contributed by atoms with Crippen molar-refractivity contribution in [1.29, 1.82) is 0 Å². The molecule has 0 spiro atoms. The van der Waals surface area contributed by atoms with E-state index in [4.69, 9.17) is 4.74 Å². The van der Waals surface area contributed by atoms with Crippen molar-refractivity contribution in [1.82, 2.24) is 5.32 Å². The molecule has 3 rings (SSSR count). The number of hydrogen-bond donors (Lipinski definition) is 1. The number of ether oxygens (including phenoxy) is 1. The van der Waals surface area contributed by atoms with E-state index in [0.29, 0.717) is 17.8 Å². The van der Waals surface area contributed by atoms with Gasteiger partial charge in [0.15, 0.2) is 5.78 Å². The van der Waals surface area contributed by atoms with Gasteiger partial charge in [-0.05, 0) is 35.9 Å². The number of cyclic esters (lactones) is 1. The summed E-state index contributed by atoms with van der Waals surface area (Å²) in [5, 5.41) is 2.64. The summed E-state index contributed by atoms with van der Waals surface area (Å²) >= 11 is 0. The minimum atomic E-state index is -0.464. The van der Waals surface area contributed by atoms with Crippen molar-refractivity contribution in [3.05, 3.63) is 71.8 Å². The molecule has 0 bridgehead atoms. The molecule has 1 saturated heterocycles. The monoisotopic (exact) mass is 364 g/mol. The summed E-state index contributed by atoms with van der Waals surface area (Å²) in [5.74, 6) is -0.283. The summed E-state index contributed by atoms with van der Waals surface area (Å²) in [4.78, 5) is 36.8. The number of rotatable bonds is 6. The molecule has 27 heavy (non-hydrogen) atoms. The lowest BCUT2D eigenvalue weighted by molar-refractivity contribution is -0.119. The highest BCUT2D eigenvalue weighted by molar-refractivity contribution is 6.07. The topological polar surface area (TPSA) is 75.7 Å². The van der Waals surface area contributed by atoms with Crippen LogP contribution in [-0.4, -0.2) is 37.0 Å². The lowest BCUT2D eigenvalue weighted by Crippen LogP contribution is -2.33. The molecule has 0 unspecified atom stereocenters. The smallest absolute Gasteiger partial charge is 0.414 e. The highest BCUT2D eigenvalue weighted by Crippen LogP contribution is 2.22. The van der Waals surface area contributed by atoms with Crippen LogP contribution in [0.2, 0.25) is 0 Å². The molecule has 1 aliphatic rings. The molecule has 2 amide bonds. The number of carbonyl (C=O) groups excluding carboxylic acids is 3. The molecule has 1 N–H and O–H groups in total. The SMILES string of the molecule is CC(=O)NC[C@H]1CN(c2ccc(C(=O)/C=C/c3ccccc3)cc2)C(=O)O1. The van der Waals surface area contributed by atoms with Crippen LogP contribution in [0.3, 0.4) is 0 Å². The van der Waals surface area contributed by atoms with Crippen molar-refractivity contribution < 1.29 is 19.1 Å². The minimum Gasteiger partial charge on any atom is -0.442 e. The summed E-state index contributed by atoms with van der Waals surface area (Å²) < 4.78 is 5.24. The van der Waals surface area contributed by atoms with Crippen LogP contribution in [0.5, 0.6) is 0 Å². The van der Waals surface area contributed by atoms with Gasteiger partial charge in [-0.15, -0.1) is 0 Å². The van der Waals surface area contributed by atoms with Crippen molar-refractivity contribution in [2.45, 2.75) is 13.0 Å². The summed E-state index contributed by atoms with van der Waals surface area (Å²) in [7, 11) is 0. The fourth-order valence-corrected chi connectivity index (χ4v) is 2.73. The lowest BCUT2D eigenvalue weighted by Gasteiger charge is -2.13. The Bertz CT molecular complexity index is 860. The molecule has 6 nitrogen and oxygen atoms in total. The maximum atomic E-state index is 12.3. The first-order valence-corrected chi connectivity index (χ1v) is 8.63. The van der Waals surface area contributed by atoms with Crippen LogP contribution in [0.15, 0.2) is 60.7 Å². The first-order valence-electron chi connectivity index (χ1n) is 8.63. The van der Waals surface area contributed by atoms with E-state index < -0.39 is 12.2 Å². The number of nitrogens with one attached hydrogen (secondary N) is 1. The van der Waals surface area contributed by atoms with E-state index in [-0.39, 0.29) is 18.2 Å². The van der Waals surface area contributed by atoms with E-state index in [9.17, 15) is 14.4 Å². The van der Waals surface area contributed by atoms with Crippen LogP contribution in [0.4, 0.5) is 10.5 Å². The molecule has 1 aliphatic heterocycles. The Morgan fingerprint density at radius 1 is 1.15 bits per heavy atom. The number of carbonyl (C=O) groups is 3. The molecule has 6 heteroatoms. The maximum Gasteiger partial charge on any atom is 0.414 e. The predicted molar refractivity (Wildman–Crippen MR) is 103 cm³/mol. The molecule has 2 aromatic carbocycles. The van der Waals surface area contributed by atoms with Crippen LogP contribution >= 0.6 is 0 Å². The molecule has 138 valence electrons. The van der Waals surface area contributed by atoms with Crippen molar-refractivity contribution in [2.24, 2.45) is 0 Å². The molecule has 2 aromatic rings. The maximum absolute atomic E-state index is 12.3. The van der Waals surface area contributed by atoms with Gasteiger partial charge >= 0.3 is 6.09 Å². The summed E-state index contributed by atoms with van der Waals surface area (Å²) in [6.07, 6.45) is 2.43. The van der Waals surface area contributed by atoms with E-state index in [0.717, 1.165) is 5.56 Å². The summed E-state index contributed by atoms with van der Waals surface area (Å²) in [5.41, 5.74) is 2.13. The van der Waals surface area contributed by atoms with E-state index in [1.54, 1.807) is 30.3 Å². The van der Waals surface area contributed by atoms with Gasteiger partial charge in [0.2, 0.25) is 5.91 Å². The second-order valence-electron chi connectivity index (χ2n) is 6.21. The molecule has 0 saturated carbocycles. The highest BCUT2D eigenvalue weighted by Gasteiger charge is 2.32. The Morgan fingerprint density at radius 2 is 1.85 bits per heavy atom. The van der Waals surface area contributed by atoms with Crippen LogP contribution in [0.1, 0.15) is 22.8 Å². The Kier molecular flexibility index (Phi) is 5.66. The zero-order valence-electron chi connectivity index (χ0n) is 14.9. The third-order valence-corrected chi connectivity index (χ3v) is 4.14. The standard InChI is InChI=1S/C21H20N2O4/c1-15(24)22-13-19-14-23(21(26)27-19)18-10-8-17(9-11-18)20(25)12-7-16-5-3-2-4-6-16/h2-12,19H,13-14H2,1H3,(H,22,24)/b12-7+/t19-/m0/s1. The average molecular weight is 364 g/mol. The van der Waals surface area contributed by atoms with Gasteiger partial charge in [0.1, 0.15) is 6.10 Å². The molecule has 1 heterocycles. The number of amides is 2. The zero-order valence-corrected chi connectivity index (χ0v) is 14.9. The molecule has 1 atom stereocenters. The van der Waals surface area contributed by atoms with E-state index in [1.165, 1.54) is 17.9 Å². The van der Waals surface area contributed by atoms with Gasteiger partial charge in [-0.1, -0.05) is 36.4 Å². The van der Waals surface area contributed by atoms with Crippen LogP contribution < -0.4 is 10.2 Å². The van der Waals surface area contributed by atoms with Gasteiger partial charge in [0.25, 0.3) is 0 Å². The van der Waals surface area contributed by atoms with E-state index in [1.807, 2.05) is 30.3 Å². The molecule has 0 aliphatic carbocycles. The van der Waals surface area contributed by atoms with Crippen molar-refractivity contribution >= 4 is 29.5 Å². The number of nitrogens with zero attached hydrogens (tertiary/aromatic N) is 1. The second kappa shape index (κ2) is 8.31.